The molecule has 4 aromatic rings. The van der Waals surface area contributed by atoms with Crippen LogP contribution in [0.5, 0.6) is 0 Å². The van der Waals surface area contributed by atoms with E-state index in [0.717, 1.165) is 27.2 Å². The largest absolute Gasteiger partial charge is 0.359 e. The van der Waals surface area contributed by atoms with E-state index < -0.39 is 0 Å². The van der Waals surface area contributed by atoms with Gasteiger partial charge in [-0.1, -0.05) is 0 Å². The molecule has 0 unspecified atom stereocenters. The molecule has 0 aliphatic rings. The fraction of sp³-hybridized carbons (Fsp3) is 0.0667. The number of aryl methyl sites for hydroxylation is 1. The van der Waals surface area contributed by atoms with Gasteiger partial charge >= 0.3 is 0 Å². The van der Waals surface area contributed by atoms with Crippen molar-refractivity contribution in [1.29, 1.82) is 0 Å². The molecule has 4 nitrogen and oxygen atoms in total. The molecular formula is C15H12N4S. The van der Waals surface area contributed by atoms with Crippen molar-refractivity contribution in [1.82, 2.24) is 15.0 Å². The number of aromatic amines is 1. The van der Waals surface area contributed by atoms with Crippen molar-refractivity contribution in [2.75, 3.05) is 5.32 Å². The fourth-order valence-corrected chi connectivity index (χ4v) is 3.16. The Kier molecular flexibility index (Phi) is 2.47. The summed E-state index contributed by atoms with van der Waals surface area (Å²) in [5, 5.41) is 6.61. The first kappa shape index (κ1) is 11.4. The SMILES string of the molecule is Cc1cc2cc(Nc3ncnc4ccsc34)ccc2[nH]1. The lowest BCUT2D eigenvalue weighted by Crippen LogP contribution is -1.94. The highest BCUT2D eigenvalue weighted by Gasteiger charge is 2.06. The van der Waals surface area contributed by atoms with Crippen molar-refractivity contribution in [3.63, 3.8) is 0 Å². The average molecular weight is 280 g/mol. The lowest BCUT2D eigenvalue weighted by Gasteiger charge is -2.06. The Morgan fingerprint density at radius 2 is 2.10 bits per heavy atom. The lowest BCUT2D eigenvalue weighted by molar-refractivity contribution is 1.23. The minimum Gasteiger partial charge on any atom is -0.359 e. The van der Waals surface area contributed by atoms with Gasteiger partial charge in [0.2, 0.25) is 0 Å². The molecule has 1 aromatic carbocycles. The van der Waals surface area contributed by atoms with Gasteiger partial charge in [-0.3, -0.25) is 0 Å². The minimum absolute atomic E-state index is 0.858. The maximum Gasteiger partial charge on any atom is 0.151 e. The van der Waals surface area contributed by atoms with Gasteiger partial charge in [0, 0.05) is 22.3 Å². The van der Waals surface area contributed by atoms with Gasteiger partial charge in [-0.2, -0.15) is 0 Å². The van der Waals surface area contributed by atoms with Crippen LogP contribution in [-0.4, -0.2) is 15.0 Å². The number of hydrogen-bond donors (Lipinski definition) is 2. The van der Waals surface area contributed by atoms with E-state index >= 15 is 0 Å². The van der Waals surface area contributed by atoms with Crippen LogP contribution in [0.1, 0.15) is 5.69 Å². The molecule has 0 fully saturated rings. The lowest BCUT2D eigenvalue weighted by atomic mass is 10.2. The first-order chi connectivity index (χ1) is 9.79. The zero-order valence-electron chi connectivity index (χ0n) is 10.8. The van der Waals surface area contributed by atoms with Gasteiger partial charge in [0.1, 0.15) is 6.33 Å². The van der Waals surface area contributed by atoms with Gasteiger partial charge in [0.05, 0.1) is 10.2 Å². The standard InChI is InChI=1S/C15H12N4S/c1-9-6-10-7-11(2-3-12(10)18-9)19-15-14-13(4-5-20-14)16-8-17-15/h2-8,18H,1H3,(H,16,17,19). The van der Waals surface area contributed by atoms with Crippen molar-refractivity contribution in [2.24, 2.45) is 0 Å². The van der Waals surface area contributed by atoms with Crippen molar-refractivity contribution in [3.8, 4) is 0 Å². The van der Waals surface area contributed by atoms with E-state index in [2.05, 4.69) is 51.5 Å². The second-order valence-corrected chi connectivity index (χ2v) is 5.65. The van der Waals surface area contributed by atoms with Crippen LogP contribution in [0.3, 0.4) is 0 Å². The summed E-state index contributed by atoms with van der Waals surface area (Å²) < 4.78 is 1.08. The monoisotopic (exact) mass is 280 g/mol. The van der Waals surface area contributed by atoms with E-state index in [9.17, 15) is 0 Å². The number of aromatic nitrogens is 3. The molecule has 0 amide bonds. The summed E-state index contributed by atoms with van der Waals surface area (Å²) in [4.78, 5) is 11.9. The molecule has 0 atom stereocenters. The van der Waals surface area contributed by atoms with Gasteiger partial charge in [-0.05, 0) is 42.6 Å². The molecule has 0 spiro atoms. The van der Waals surface area contributed by atoms with E-state index in [4.69, 9.17) is 0 Å². The average Bonchev–Trinajstić information content (AvgIpc) is 3.03. The molecule has 0 aliphatic carbocycles. The van der Waals surface area contributed by atoms with Crippen LogP contribution in [0.4, 0.5) is 11.5 Å². The molecular weight excluding hydrogens is 268 g/mol. The molecule has 20 heavy (non-hydrogen) atoms. The van der Waals surface area contributed by atoms with Crippen molar-refractivity contribution < 1.29 is 0 Å². The smallest absolute Gasteiger partial charge is 0.151 e. The summed E-state index contributed by atoms with van der Waals surface area (Å²) >= 11 is 1.65. The highest BCUT2D eigenvalue weighted by atomic mass is 32.1. The molecule has 3 heterocycles. The third-order valence-electron chi connectivity index (χ3n) is 3.26. The number of anilines is 2. The topological polar surface area (TPSA) is 53.6 Å². The van der Waals surface area contributed by atoms with E-state index in [1.807, 2.05) is 11.4 Å². The van der Waals surface area contributed by atoms with Crippen molar-refractivity contribution >= 4 is 44.0 Å². The van der Waals surface area contributed by atoms with Crippen LogP contribution in [0.15, 0.2) is 42.0 Å². The van der Waals surface area contributed by atoms with Crippen molar-refractivity contribution in [3.05, 3.63) is 47.7 Å². The van der Waals surface area contributed by atoms with E-state index in [0.29, 0.717) is 0 Å². The molecule has 0 bridgehead atoms. The zero-order valence-corrected chi connectivity index (χ0v) is 11.7. The first-order valence-electron chi connectivity index (χ1n) is 6.34. The summed E-state index contributed by atoms with van der Waals surface area (Å²) in [5.74, 6) is 0.858. The number of rotatable bonds is 2. The number of thiophene rings is 1. The second-order valence-electron chi connectivity index (χ2n) is 4.74. The Morgan fingerprint density at radius 3 is 3.05 bits per heavy atom. The van der Waals surface area contributed by atoms with E-state index in [1.165, 1.54) is 11.1 Å². The number of H-pyrrole nitrogens is 1. The van der Waals surface area contributed by atoms with Crippen LogP contribution in [0.25, 0.3) is 21.1 Å². The molecule has 2 N–H and O–H groups in total. The number of nitrogens with one attached hydrogen (secondary N) is 2. The first-order valence-corrected chi connectivity index (χ1v) is 7.22. The number of benzene rings is 1. The molecule has 4 rings (SSSR count). The number of hydrogen-bond acceptors (Lipinski definition) is 4. The van der Waals surface area contributed by atoms with E-state index in [1.54, 1.807) is 17.7 Å². The Morgan fingerprint density at radius 1 is 1.15 bits per heavy atom. The molecule has 98 valence electrons. The van der Waals surface area contributed by atoms with E-state index in [-0.39, 0.29) is 0 Å². The van der Waals surface area contributed by atoms with Gasteiger partial charge in [0.25, 0.3) is 0 Å². The van der Waals surface area contributed by atoms with Crippen LogP contribution in [0, 0.1) is 6.92 Å². The van der Waals surface area contributed by atoms with Gasteiger partial charge in [-0.15, -0.1) is 11.3 Å². The maximum absolute atomic E-state index is 4.34. The summed E-state index contributed by atoms with van der Waals surface area (Å²) in [6.07, 6.45) is 1.59. The maximum atomic E-state index is 4.34. The highest BCUT2D eigenvalue weighted by Crippen LogP contribution is 2.28. The number of nitrogens with zero attached hydrogens (tertiary/aromatic N) is 2. The van der Waals surface area contributed by atoms with Gasteiger partial charge in [-0.25, -0.2) is 9.97 Å². The minimum atomic E-state index is 0.858. The van der Waals surface area contributed by atoms with Crippen LogP contribution >= 0.6 is 11.3 Å². The third-order valence-corrected chi connectivity index (χ3v) is 4.17. The normalized spacial score (nSPS) is 11.2. The van der Waals surface area contributed by atoms with Crippen LogP contribution in [0.2, 0.25) is 0 Å². The third kappa shape index (κ3) is 1.83. The molecule has 0 saturated carbocycles. The van der Waals surface area contributed by atoms with Crippen molar-refractivity contribution in [2.45, 2.75) is 6.92 Å². The second kappa shape index (κ2) is 4.31. The highest BCUT2D eigenvalue weighted by molar-refractivity contribution is 7.17. The fourth-order valence-electron chi connectivity index (χ4n) is 2.37. The number of fused-ring (bicyclic) bond motifs is 2. The molecule has 0 radical (unpaired) electrons. The summed E-state index contributed by atoms with van der Waals surface area (Å²) in [6.45, 7) is 2.06. The quantitative estimate of drug-likeness (QED) is 0.578. The van der Waals surface area contributed by atoms with Gasteiger partial charge < -0.3 is 10.3 Å². The molecule has 0 saturated heterocycles. The Hall–Kier alpha value is -2.40. The Balaban J connectivity index is 1.78. The van der Waals surface area contributed by atoms with Crippen LogP contribution in [-0.2, 0) is 0 Å². The Labute approximate surface area is 119 Å². The zero-order chi connectivity index (χ0) is 13.5. The van der Waals surface area contributed by atoms with Crippen LogP contribution < -0.4 is 5.32 Å². The molecule has 0 aliphatic heterocycles. The predicted octanol–water partition coefficient (Wildman–Crippen LogP) is 4.22. The predicted molar refractivity (Wildman–Crippen MR) is 83.7 cm³/mol. The molecule has 3 aromatic heterocycles. The van der Waals surface area contributed by atoms with Gasteiger partial charge in [0.15, 0.2) is 5.82 Å². The summed E-state index contributed by atoms with van der Waals surface area (Å²) in [6, 6.07) is 10.4. The summed E-state index contributed by atoms with van der Waals surface area (Å²) in [7, 11) is 0. The Bertz CT molecular complexity index is 906. The molecule has 5 heteroatoms. The summed E-state index contributed by atoms with van der Waals surface area (Å²) in [5.41, 5.74) is 4.33.